The number of rotatable bonds is 10. The molecule has 0 aliphatic carbocycles. The number of nitrogens with one attached hydrogen (secondary N) is 2. The molecule has 4 aromatic rings. The summed E-state index contributed by atoms with van der Waals surface area (Å²) in [6.07, 6.45) is 1.90. The van der Waals surface area contributed by atoms with Crippen LogP contribution in [0.2, 0.25) is 0 Å². The third-order valence-electron chi connectivity index (χ3n) is 6.33. The fourth-order valence-corrected chi connectivity index (χ4v) is 7.04. The van der Waals surface area contributed by atoms with Gasteiger partial charge in [0.05, 0.1) is 21.2 Å². The zero-order chi connectivity index (χ0) is 29.8. The fraction of sp³-hybridized carbons (Fsp3) is 0.167. The number of sulfonamides is 2. The van der Waals surface area contributed by atoms with Crippen molar-refractivity contribution in [3.05, 3.63) is 108 Å². The smallest absolute Gasteiger partial charge is 0.264 e. The van der Waals surface area contributed by atoms with Crippen LogP contribution in [0.1, 0.15) is 16.7 Å². The van der Waals surface area contributed by atoms with E-state index in [0.717, 1.165) is 25.9 Å². The van der Waals surface area contributed by atoms with Gasteiger partial charge >= 0.3 is 0 Å². The van der Waals surface area contributed by atoms with Crippen LogP contribution >= 0.6 is 11.8 Å². The van der Waals surface area contributed by atoms with Crippen LogP contribution < -0.4 is 14.3 Å². The van der Waals surface area contributed by atoms with E-state index in [4.69, 9.17) is 0 Å². The van der Waals surface area contributed by atoms with Gasteiger partial charge < -0.3 is 5.32 Å². The largest absolute Gasteiger partial charge is 0.325 e. The number of aryl methyl sites for hydroxylation is 3. The second kappa shape index (κ2) is 12.4. The predicted octanol–water partition coefficient (Wildman–Crippen LogP) is 5.97. The van der Waals surface area contributed by atoms with Crippen molar-refractivity contribution < 1.29 is 21.6 Å². The van der Waals surface area contributed by atoms with Crippen LogP contribution in [0.5, 0.6) is 0 Å². The SMILES string of the molecule is CSc1ccc(S(=O)(=O)N(CC(=O)Nc2ccc(S(=O)(=O)Nc3ccc(C)cc3C)cc2)c2ccc(C)cc2)cc1. The first-order valence-corrected chi connectivity index (χ1v) is 16.8. The number of hydrogen-bond donors (Lipinski definition) is 2. The van der Waals surface area contributed by atoms with E-state index < -0.39 is 32.5 Å². The molecule has 0 unspecified atom stereocenters. The van der Waals surface area contributed by atoms with Crippen LogP contribution in [-0.2, 0) is 24.8 Å². The van der Waals surface area contributed by atoms with Gasteiger partial charge in [0.15, 0.2) is 0 Å². The highest BCUT2D eigenvalue weighted by atomic mass is 32.2. The molecule has 0 saturated heterocycles. The van der Waals surface area contributed by atoms with Gasteiger partial charge in [0.25, 0.3) is 20.0 Å². The van der Waals surface area contributed by atoms with Gasteiger partial charge in [-0.3, -0.25) is 13.8 Å². The van der Waals surface area contributed by atoms with Gasteiger partial charge in [-0.15, -0.1) is 11.8 Å². The maximum Gasteiger partial charge on any atom is 0.264 e. The Morgan fingerprint density at radius 2 is 1.34 bits per heavy atom. The number of carbonyl (C=O) groups is 1. The summed E-state index contributed by atoms with van der Waals surface area (Å²) in [5.41, 5.74) is 3.92. The molecule has 0 atom stereocenters. The number of anilines is 3. The van der Waals surface area contributed by atoms with E-state index in [2.05, 4.69) is 10.0 Å². The molecule has 41 heavy (non-hydrogen) atoms. The molecule has 8 nitrogen and oxygen atoms in total. The number of hydrogen-bond acceptors (Lipinski definition) is 6. The molecule has 0 radical (unpaired) electrons. The molecule has 0 spiro atoms. The van der Waals surface area contributed by atoms with E-state index in [1.165, 1.54) is 48.2 Å². The van der Waals surface area contributed by atoms with Crippen LogP contribution in [-0.4, -0.2) is 35.5 Å². The topological polar surface area (TPSA) is 113 Å². The number of carbonyl (C=O) groups excluding carboxylic acids is 1. The molecule has 1 amide bonds. The quantitative estimate of drug-likeness (QED) is 0.214. The molecular formula is C30H31N3O5S3. The molecule has 0 aliphatic heterocycles. The van der Waals surface area contributed by atoms with Gasteiger partial charge in [0.2, 0.25) is 5.91 Å². The van der Waals surface area contributed by atoms with Gasteiger partial charge in [0.1, 0.15) is 6.54 Å². The Kier molecular flexibility index (Phi) is 9.11. The lowest BCUT2D eigenvalue weighted by molar-refractivity contribution is -0.114. The Bertz CT molecular complexity index is 1750. The van der Waals surface area contributed by atoms with Gasteiger partial charge in [0, 0.05) is 10.6 Å². The normalized spacial score (nSPS) is 11.6. The first-order valence-electron chi connectivity index (χ1n) is 12.6. The minimum atomic E-state index is -4.07. The molecule has 0 aliphatic rings. The second-order valence-corrected chi connectivity index (χ2v) is 13.9. The Balaban J connectivity index is 1.53. The third-order valence-corrected chi connectivity index (χ3v) is 10.2. The van der Waals surface area contributed by atoms with Crippen molar-refractivity contribution in [3.8, 4) is 0 Å². The molecule has 0 bridgehead atoms. The third kappa shape index (κ3) is 7.29. The van der Waals surface area contributed by atoms with E-state index >= 15 is 0 Å². The number of thioether (sulfide) groups is 1. The molecule has 11 heteroatoms. The van der Waals surface area contributed by atoms with Crippen molar-refractivity contribution >= 4 is 54.8 Å². The van der Waals surface area contributed by atoms with Crippen LogP contribution in [0.15, 0.2) is 106 Å². The van der Waals surface area contributed by atoms with Crippen molar-refractivity contribution in [1.82, 2.24) is 0 Å². The van der Waals surface area contributed by atoms with E-state index in [9.17, 15) is 21.6 Å². The van der Waals surface area contributed by atoms with Crippen molar-refractivity contribution in [2.24, 2.45) is 0 Å². The lowest BCUT2D eigenvalue weighted by Gasteiger charge is -2.24. The van der Waals surface area contributed by atoms with Crippen LogP contribution in [0.25, 0.3) is 0 Å². The minimum Gasteiger partial charge on any atom is -0.325 e. The highest BCUT2D eigenvalue weighted by Crippen LogP contribution is 2.26. The lowest BCUT2D eigenvalue weighted by Crippen LogP contribution is -2.38. The molecular weight excluding hydrogens is 579 g/mol. The van der Waals surface area contributed by atoms with Crippen LogP contribution in [0.3, 0.4) is 0 Å². The Morgan fingerprint density at radius 1 is 0.756 bits per heavy atom. The van der Waals surface area contributed by atoms with Gasteiger partial charge in [-0.05, 0) is 99.3 Å². The molecule has 2 N–H and O–H groups in total. The first-order chi connectivity index (χ1) is 19.4. The number of nitrogens with zero attached hydrogens (tertiary/aromatic N) is 1. The van der Waals surface area contributed by atoms with Crippen LogP contribution in [0.4, 0.5) is 17.1 Å². The van der Waals surface area contributed by atoms with Gasteiger partial charge in [-0.25, -0.2) is 16.8 Å². The Morgan fingerprint density at radius 3 is 1.93 bits per heavy atom. The van der Waals surface area contributed by atoms with Crippen molar-refractivity contribution in [1.29, 1.82) is 0 Å². The Hall–Kier alpha value is -3.80. The molecule has 0 heterocycles. The predicted molar refractivity (Wildman–Crippen MR) is 166 cm³/mol. The van der Waals surface area contributed by atoms with E-state index in [0.29, 0.717) is 17.1 Å². The highest BCUT2D eigenvalue weighted by Gasteiger charge is 2.27. The second-order valence-electron chi connectivity index (χ2n) is 9.52. The standard InChI is InChI=1S/C30H31N3O5S3/c1-21-5-10-25(11-6-21)33(41(37,38)28-16-12-26(39-4)13-17-28)20-30(34)31-24-8-14-27(15-9-24)40(35,36)32-29-18-7-22(2)19-23(29)3/h5-19,32H,20H2,1-4H3,(H,31,34). The van der Waals surface area contributed by atoms with E-state index in [1.807, 2.05) is 39.2 Å². The summed E-state index contributed by atoms with van der Waals surface area (Å²) in [6.45, 7) is 5.15. The maximum absolute atomic E-state index is 13.6. The van der Waals surface area contributed by atoms with E-state index in [-0.39, 0.29) is 9.79 Å². The monoisotopic (exact) mass is 609 g/mol. The lowest BCUT2D eigenvalue weighted by atomic mass is 10.1. The summed E-state index contributed by atoms with van der Waals surface area (Å²) in [7, 11) is -7.93. The number of amides is 1. The average Bonchev–Trinajstić information content (AvgIpc) is 2.94. The summed E-state index contributed by atoms with van der Waals surface area (Å²) >= 11 is 1.50. The summed E-state index contributed by atoms with van der Waals surface area (Å²) < 4.78 is 56.7. The summed E-state index contributed by atoms with van der Waals surface area (Å²) in [5, 5.41) is 2.68. The minimum absolute atomic E-state index is 0.0213. The van der Waals surface area contributed by atoms with Gasteiger partial charge in [-0.2, -0.15) is 0 Å². The molecule has 0 aromatic heterocycles. The average molecular weight is 610 g/mol. The zero-order valence-electron chi connectivity index (χ0n) is 23.1. The molecule has 0 fully saturated rings. The number of benzene rings is 4. The van der Waals surface area contributed by atoms with Crippen molar-refractivity contribution in [2.75, 3.05) is 27.1 Å². The first kappa shape index (κ1) is 30.2. The van der Waals surface area contributed by atoms with Crippen LogP contribution in [0, 0.1) is 20.8 Å². The van der Waals surface area contributed by atoms with Crippen molar-refractivity contribution in [3.63, 3.8) is 0 Å². The summed E-state index contributed by atoms with van der Waals surface area (Å²) in [5.74, 6) is -0.584. The summed E-state index contributed by atoms with van der Waals surface area (Å²) in [6, 6.07) is 24.4. The Labute approximate surface area is 245 Å². The molecule has 4 aromatic carbocycles. The van der Waals surface area contributed by atoms with E-state index in [1.54, 1.807) is 42.5 Å². The highest BCUT2D eigenvalue weighted by molar-refractivity contribution is 7.98. The zero-order valence-corrected chi connectivity index (χ0v) is 25.5. The summed E-state index contributed by atoms with van der Waals surface area (Å²) in [4.78, 5) is 14.1. The fourth-order valence-electron chi connectivity index (χ4n) is 4.08. The molecule has 4 rings (SSSR count). The maximum atomic E-state index is 13.6. The van der Waals surface area contributed by atoms with Crippen molar-refractivity contribution in [2.45, 2.75) is 35.5 Å². The molecule has 214 valence electrons. The van der Waals surface area contributed by atoms with Gasteiger partial charge in [-0.1, -0.05) is 35.4 Å². The molecule has 0 saturated carbocycles.